The molecule has 1 aromatic rings. The van der Waals surface area contributed by atoms with Crippen molar-refractivity contribution in [2.24, 2.45) is 5.41 Å². The lowest BCUT2D eigenvalue weighted by molar-refractivity contribution is 0.269. The van der Waals surface area contributed by atoms with Crippen LogP contribution in [0, 0.1) is 5.41 Å². The summed E-state index contributed by atoms with van der Waals surface area (Å²) in [5, 5.41) is 0.429. The van der Waals surface area contributed by atoms with Gasteiger partial charge in [0.2, 0.25) is 10.0 Å². The topological polar surface area (TPSA) is 46.2 Å². The highest BCUT2D eigenvalue weighted by Gasteiger charge is 2.31. The molecule has 120 valence electrons. The third-order valence-corrected chi connectivity index (χ3v) is 6.01. The summed E-state index contributed by atoms with van der Waals surface area (Å²) < 4.78 is 28.4. The maximum Gasteiger partial charge on any atom is 0.242 e. The van der Waals surface area contributed by atoms with Crippen molar-refractivity contribution < 1.29 is 8.42 Å². The fourth-order valence-corrected chi connectivity index (χ4v) is 5.16. The highest BCUT2D eigenvalue weighted by Crippen LogP contribution is 2.33. The van der Waals surface area contributed by atoms with Crippen LogP contribution < -0.4 is 4.72 Å². The number of rotatable bonds is 4. The molecule has 21 heavy (non-hydrogen) atoms. The monoisotopic (exact) mass is 415 g/mol. The molecule has 0 amide bonds. The van der Waals surface area contributed by atoms with Crippen LogP contribution in [0.15, 0.2) is 21.5 Å². The van der Waals surface area contributed by atoms with Crippen molar-refractivity contribution in [2.75, 3.05) is 0 Å². The molecule has 0 aliphatic carbocycles. The lowest BCUT2D eigenvalue weighted by Crippen LogP contribution is -2.45. The number of benzene rings is 1. The maximum atomic E-state index is 12.5. The Bertz CT molecular complexity index is 637. The van der Waals surface area contributed by atoms with Crippen LogP contribution in [0.4, 0.5) is 0 Å². The van der Waals surface area contributed by atoms with Crippen LogP contribution in [-0.4, -0.2) is 14.0 Å². The Balaban J connectivity index is 3.16. The molecule has 0 aromatic heterocycles. The summed E-state index contributed by atoms with van der Waals surface area (Å²) in [4.78, 5) is -0.0145. The zero-order valence-corrected chi connectivity index (χ0v) is 16.6. The molecular weight excluding hydrogens is 397 g/mol. The number of halogens is 3. The van der Waals surface area contributed by atoms with Gasteiger partial charge in [-0.1, -0.05) is 44.0 Å². The van der Waals surface area contributed by atoms with Gasteiger partial charge in [0.25, 0.3) is 0 Å². The predicted molar refractivity (Wildman–Crippen MR) is 92.6 cm³/mol. The number of hydrogen-bond donors (Lipinski definition) is 1. The molecule has 0 unspecified atom stereocenters. The van der Waals surface area contributed by atoms with Gasteiger partial charge >= 0.3 is 0 Å². The molecule has 0 radical (unpaired) electrons. The predicted octanol–water partition coefficient (Wildman–Crippen LogP) is 5.25. The number of nitrogens with one attached hydrogen (secondary N) is 1. The normalized spacial score (nSPS) is 13.5. The first kappa shape index (κ1) is 19.2. The lowest BCUT2D eigenvalue weighted by atomic mass is 9.82. The summed E-state index contributed by atoms with van der Waals surface area (Å²) in [6.45, 7) is 9.89. The molecule has 0 fully saturated rings. The van der Waals surface area contributed by atoms with Crippen LogP contribution in [0.3, 0.4) is 0 Å². The van der Waals surface area contributed by atoms with Gasteiger partial charge in [0.05, 0.1) is 10.0 Å². The van der Waals surface area contributed by atoms with Crippen molar-refractivity contribution in [1.29, 1.82) is 0 Å². The van der Waals surface area contributed by atoms with E-state index < -0.39 is 15.6 Å². The van der Waals surface area contributed by atoms with Crippen LogP contribution in [0.2, 0.25) is 10.0 Å². The van der Waals surface area contributed by atoms with Crippen LogP contribution in [0.1, 0.15) is 41.0 Å². The molecule has 1 aromatic carbocycles. The Morgan fingerprint density at radius 2 is 1.62 bits per heavy atom. The first-order valence-electron chi connectivity index (χ1n) is 6.42. The van der Waals surface area contributed by atoms with E-state index >= 15 is 0 Å². The number of hydrogen-bond acceptors (Lipinski definition) is 2. The Morgan fingerprint density at radius 1 is 1.10 bits per heavy atom. The van der Waals surface area contributed by atoms with Crippen LogP contribution in [-0.2, 0) is 10.0 Å². The van der Waals surface area contributed by atoms with E-state index in [0.29, 0.717) is 15.9 Å². The Hall–Kier alpha value is 0.190. The third kappa shape index (κ3) is 5.71. The quantitative estimate of drug-likeness (QED) is 0.681. The Morgan fingerprint density at radius 3 is 2.10 bits per heavy atom. The van der Waals surface area contributed by atoms with E-state index in [0.717, 1.165) is 0 Å². The molecule has 0 saturated heterocycles. The minimum atomic E-state index is -3.75. The molecule has 0 aliphatic heterocycles. The molecule has 7 heteroatoms. The van der Waals surface area contributed by atoms with Gasteiger partial charge in [-0.2, -0.15) is 0 Å². The van der Waals surface area contributed by atoms with Crippen molar-refractivity contribution in [3.63, 3.8) is 0 Å². The van der Waals surface area contributed by atoms with Gasteiger partial charge < -0.3 is 0 Å². The molecule has 1 rings (SSSR count). The standard InChI is InChI=1S/C14H20BrCl2NO2S/c1-13(2,3)8-14(4,5)18-21(19,20)12-7-10(16)9(15)6-11(12)17/h6-7,18H,8H2,1-5H3. The molecule has 3 nitrogen and oxygen atoms in total. The van der Waals surface area contributed by atoms with Crippen molar-refractivity contribution in [2.45, 2.75) is 51.5 Å². The first-order valence-corrected chi connectivity index (χ1v) is 9.45. The van der Waals surface area contributed by atoms with E-state index in [2.05, 4.69) is 41.4 Å². The summed E-state index contributed by atoms with van der Waals surface area (Å²) in [6.07, 6.45) is 0.682. The zero-order chi connectivity index (χ0) is 16.6. The SMILES string of the molecule is CC(C)(C)CC(C)(C)NS(=O)(=O)c1cc(Cl)c(Br)cc1Cl. The summed E-state index contributed by atoms with van der Waals surface area (Å²) in [5.41, 5.74) is -0.604. The van der Waals surface area contributed by atoms with Crippen LogP contribution in [0.5, 0.6) is 0 Å². The van der Waals surface area contributed by atoms with Crippen molar-refractivity contribution >= 4 is 49.2 Å². The molecular formula is C14H20BrCl2NO2S. The average molecular weight is 417 g/mol. The molecule has 1 N–H and O–H groups in total. The second-order valence-electron chi connectivity index (χ2n) is 6.92. The molecule has 0 heterocycles. The van der Waals surface area contributed by atoms with Gasteiger partial charge in [-0.15, -0.1) is 0 Å². The smallest absolute Gasteiger partial charge is 0.207 e. The Labute approximate surface area is 145 Å². The van der Waals surface area contributed by atoms with Gasteiger partial charge in [-0.3, -0.25) is 0 Å². The van der Waals surface area contributed by atoms with E-state index in [-0.39, 0.29) is 15.3 Å². The molecule has 0 aliphatic rings. The summed E-state index contributed by atoms with van der Waals surface area (Å²) in [7, 11) is -3.75. The van der Waals surface area contributed by atoms with Crippen molar-refractivity contribution in [3.05, 3.63) is 26.7 Å². The van der Waals surface area contributed by atoms with Crippen molar-refractivity contribution in [1.82, 2.24) is 4.72 Å². The van der Waals surface area contributed by atoms with Gasteiger partial charge in [0, 0.05) is 10.0 Å². The van der Waals surface area contributed by atoms with E-state index in [1.165, 1.54) is 12.1 Å². The zero-order valence-electron chi connectivity index (χ0n) is 12.7. The average Bonchev–Trinajstić information content (AvgIpc) is 2.17. The van der Waals surface area contributed by atoms with E-state index in [1.54, 1.807) is 0 Å². The highest BCUT2D eigenvalue weighted by molar-refractivity contribution is 9.10. The van der Waals surface area contributed by atoms with Crippen molar-refractivity contribution in [3.8, 4) is 0 Å². The van der Waals surface area contributed by atoms with Gasteiger partial charge in [-0.25, -0.2) is 13.1 Å². The largest absolute Gasteiger partial charge is 0.242 e. The molecule has 0 bridgehead atoms. The second kappa shape index (κ2) is 6.36. The second-order valence-corrected chi connectivity index (χ2v) is 10.2. The van der Waals surface area contributed by atoms with Gasteiger partial charge in [-0.05, 0) is 53.7 Å². The fraction of sp³-hybridized carbons (Fsp3) is 0.571. The fourth-order valence-electron chi connectivity index (χ4n) is 2.49. The van der Waals surface area contributed by atoms with Gasteiger partial charge in [0.15, 0.2) is 0 Å². The van der Waals surface area contributed by atoms with Crippen LogP contribution >= 0.6 is 39.1 Å². The van der Waals surface area contributed by atoms with E-state index in [4.69, 9.17) is 23.2 Å². The molecule has 0 saturated carbocycles. The van der Waals surface area contributed by atoms with E-state index in [9.17, 15) is 8.42 Å². The Kier molecular flexibility index (Phi) is 5.83. The van der Waals surface area contributed by atoms with E-state index in [1.807, 2.05) is 13.8 Å². The van der Waals surface area contributed by atoms with Gasteiger partial charge in [0.1, 0.15) is 4.90 Å². The third-order valence-electron chi connectivity index (χ3n) is 2.65. The maximum absolute atomic E-state index is 12.5. The summed E-state index contributed by atoms with van der Waals surface area (Å²) in [6, 6.07) is 2.83. The first-order chi connectivity index (χ1) is 9.23. The minimum absolute atomic E-state index is 0.00677. The summed E-state index contributed by atoms with van der Waals surface area (Å²) in [5.74, 6) is 0. The van der Waals surface area contributed by atoms with Crippen LogP contribution in [0.25, 0.3) is 0 Å². The minimum Gasteiger partial charge on any atom is -0.207 e. The molecule has 0 atom stereocenters. The highest BCUT2D eigenvalue weighted by atomic mass is 79.9. The molecule has 0 spiro atoms. The lowest BCUT2D eigenvalue weighted by Gasteiger charge is -2.33. The number of sulfonamides is 1. The summed E-state index contributed by atoms with van der Waals surface area (Å²) >= 11 is 15.2.